The number of rotatable bonds is 4. The number of pyridine rings is 1. The smallest absolute Gasteiger partial charge is 0.147 e. The second-order valence-electron chi connectivity index (χ2n) is 17.4. The minimum atomic E-state index is -0.0694. The molecule has 4 heterocycles. The van der Waals surface area contributed by atoms with Gasteiger partial charge < -0.3 is 4.98 Å². The average molecular weight is 728 g/mol. The Hall–Kier alpha value is -6.46. The summed E-state index contributed by atoms with van der Waals surface area (Å²) in [6.07, 6.45) is 1.89. The van der Waals surface area contributed by atoms with Gasteiger partial charge in [-0.05, 0) is 89.0 Å². The van der Waals surface area contributed by atoms with E-state index in [1.54, 1.807) is 0 Å². The highest BCUT2D eigenvalue weighted by Gasteiger charge is 2.27. The van der Waals surface area contributed by atoms with Gasteiger partial charge in [0.25, 0.3) is 0 Å². The monoisotopic (exact) mass is 727 g/mol. The quantitative estimate of drug-likeness (QED) is 0.196. The molecule has 0 spiro atoms. The number of fused-ring (bicyclic) bond motifs is 7. The Morgan fingerprint density at radius 1 is 0.571 bits per heavy atom. The molecule has 0 fully saturated rings. The van der Waals surface area contributed by atoms with Crippen molar-refractivity contribution in [2.24, 2.45) is 0 Å². The molecular weight excluding hydrogens is 683 g/mol. The Kier molecular flexibility index (Phi) is 7.47. The molecule has 1 N–H and O–H groups in total. The largest absolute Gasteiger partial charge is 0.354 e. The minimum Gasteiger partial charge on any atom is -0.354 e. The Labute approximate surface area is 327 Å². The topological polar surface area (TPSA) is 51.4 Å². The van der Waals surface area contributed by atoms with Crippen molar-refractivity contribution in [1.82, 2.24) is 24.1 Å². The van der Waals surface area contributed by atoms with E-state index in [0.29, 0.717) is 0 Å². The summed E-state index contributed by atoms with van der Waals surface area (Å²) in [6, 6.07) is 48.4. The summed E-state index contributed by atoms with van der Waals surface area (Å²) < 4.78 is 4.69. The zero-order chi connectivity index (χ0) is 38.5. The summed E-state index contributed by atoms with van der Waals surface area (Å²) >= 11 is 0. The van der Waals surface area contributed by atoms with Crippen molar-refractivity contribution < 1.29 is 0 Å². The van der Waals surface area contributed by atoms with Gasteiger partial charge in [-0.2, -0.15) is 0 Å². The summed E-state index contributed by atoms with van der Waals surface area (Å²) in [4.78, 5) is 14.3. The van der Waals surface area contributed by atoms with Crippen LogP contribution in [0.4, 0.5) is 0 Å². The highest BCUT2D eigenvalue weighted by atomic mass is 15.1. The first-order valence-electron chi connectivity index (χ1n) is 19.6. The third kappa shape index (κ3) is 5.29. The number of nitrogens with one attached hydrogen (secondary N) is 1. The second-order valence-corrected chi connectivity index (χ2v) is 17.4. The molecule has 0 unspecified atom stereocenters. The van der Waals surface area contributed by atoms with Crippen molar-refractivity contribution in [3.63, 3.8) is 0 Å². The van der Waals surface area contributed by atoms with Crippen molar-refractivity contribution >= 4 is 54.6 Å². The molecule has 56 heavy (non-hydrogen) atoms. The summed E-state index contributed by atoms with van der Waals surface area (Å²) in [6.45, 7) is 16.0. The SMILES string of the molecule is Cc1ccc(-n2c(-c3cccc4c3[nH]c3ccccc34)nc3c(-c4ccc5c6c(C(C)(C)C)cc(C(C)(C)C)cc6n(-c6ccccn6)c5c4)cccc32)cc1. The van der Waals surface area contributed by atoms with Gasteiger partial charge in [0.15, 0.2) is 0 Å². The standard InChI is InChI=1S/C51H45N5/c1-31-21-24-34(25-22-31)55-42-19-13-15-35(48(42)54-49(55)39-17-12-16-37-36-14-8-9-18-41(36)53-47(37)39)32-23-26-38-43(28-32)56(45-20-10-11-27-52-45)44-30-33(50(2,3)4)29-40(46(38)44)51(5,6)7/h8-30,53H,1-7H3. The third-order valence-corrected chi connectivity index (χ3v) is 11.5. The summed E-state index contributed by atoms with van der Waals surface area (Å²) in [5.74, 6) is 1.81. The lowest BCUT2D eigenvalue weighted by Gasteiger charge is -2.26. The van der Waals surface area contributed by atoms with Crippen molar-refractivity contribution in [1.29, 1.82) is 0 Å². The van der Waals surface area contributed by atoms with Gasteiger partial charge >= 0.3 is 0 Å². The number of hydrogen-bond acceptors (Lipinski definition) is 2. The average Bonchev–Trinajstić information content (AvgIpc) is 3.87. The second kappa shape index (κ2) is 12.3. The van der Waals surface area contributed by atoms with Crippen molar-refractivity contribution in [3.05, 3.63) is 156 Å². The first kappa shape index (κ1) is 34.1. The third-order valence-electron chi connectivity index (χ3n) is 11.5. The van der Waals surface area contributed by atoms with Gasteiger partial charge in [0.1, 0.15) is 11.6 Å². The van der Waals surface area contributed by atoms with Crippen LogP contribution in [-0.4, -0.2) is 24.1 Å². The van der Waals surface area contributed by atoms with Gasteiger partial charge in [0.2, 0.25) is 0 Å². The van der Waals surface area contributed by atoms with E-state index >= 15 is 0 Å². The van der Waals surface area contributed by atoms with Crippen LogP contribution in [0.1, 0.15) is 58.2 Å². The number of imidazole rings is 1. The Bertz CT molecular complexity index is 3140. The van der Waals surface area contributed by atoms with E-state index in [-0.39, 0.29) is 10.8 Å². The molecule has 0 aliphatic heterocycles. The number of benzene rings is 6. The first-order chi connectivity index (χ1) is 27.0. The van der Waals surface area contributed by atoms with E-state index in [1.165, 1.54) is 43.8 Å². The lowest BCUT2D eigenvalue weighted by atomic mass is 9.78. The number of aromatic amines is 1. The van der Waals surface area contributed by atoms with Gasteiger partial charge in [-0.1, -0.05) is 126 Å². The number of H-pyrrole nitrogens is 1. The summed E-state index contributed by atoms with van der Waals surface area (Å²) in [5.41, 5.74) is 14.7. The molecule has 10 rings (SSSR count). The molecule has 0 bridgehead atoms. The number of para-hydroxylation sites is 3. The maximum Gasteiger partial charge on any atom is 0.147 e. The lowest BCUT2D eigenvalue weighted by molar-refractivity contribution is 0.573. The molecule has 274 valence electrons. The number of nitrogens with zero attached hydrogens (tertiary/aromatic N) is 4. The predicted octanol–water partition coefficient (Wildman–Crippen LogP) is 13.4. The fraction of sp³-hybridized carbons (Fsp3) is 0.176. The summed E-state index contributed by atoms with van der Waals surface area (Å²) in [5, 5.41) is 4.92. The van der Waals surface area contributed by atoms with Gasteiger partial charge in [-0.25, -0.2) is 9.97 Å². The van der Waals surface area contributed by atoms with Gasteiger partial charge in [0, 0.05) is 50.1 Å². The molecular formula is C51H45N5. The maximum atomic E-state index is 5.59. The van der Waals surface area contributed by atoms with E-state index in [2.05, 4.69) is 190 Å². The molecule has 5 nitrogen and oxygen atoms in total. The van der Waals surface area contributed by atoms with Crippen molar-refractivity contribution in [3.8, 4) is 34.0 Å². The first-order valence-corrected chi connectivity index (χ1v) is 19.6. The zero-order valence-corrected chi connectivity index (χ0v) is 33.1. The number of aryl methyl sites for hydroxylation is 1. The van der Waals surface area contributed by atoms with E-state index in [9.17, 15) is 0 Å². The molecule has 0 saturated carbocycles. The summed E-state index contributed by atoms with van der Waals surface area (Å²) in [7, 11) is 0. The van der Waals surface area contributed by atoms with E-state index < -0.39 is 0 Å². The lowest BCUT2D eigenvalue weighted by Crippen LogP contribution is -2.17. The van der Waals surface area contributed by atoms with Crippen LogP contribution in [0.25, 0.3) is 88.7 Å². The zero-order valence-electron chi connectivity index (χ0n) is 33.1. The van der Waals surface area contributed by atoms with E-state index in [1.807, 2.05) is 12.3 Å². The highest BCUT2D eigenvalue weighted by molar-refractivity contribution is 6.14. The Morgan fingerprint density at radius 2 is 1.32 bits per heavy atom. The molecule has 0 aliphatic rings. The Morgan fingerprint density at radius 3 is 2.09 bits per heavy atom. The van der Waals surface area contributed by atoms with Gasteiger partial charge in [-0.15, -0.1) is 0 Å². The van der Waals surface area contributed by atoms with Crippen LogP contribution in [0.15, 0.2) is 140 Å². The fourth-order valence-electron chi connectivity index (χ4n) is 8.60. The molecule has 0 atom stereocenters. The number of hydrogen-bond donors (Lipinski definition) is 1. The molecule has 10 aromatic rings. The molecule has 0 amide bonds. The van der Waals surface area contributed by atoms with E-state index in [4.69, 9.17) is 9.97 Å². The maximum absolute atomic E-state index is 5.59. The molecule has 0 aliphatic carbocycles. The van der Waals surface area contributed by atoms with Crippen LogP contribution in [0.3, 0.4) is 0 Å². The van der Waals surface area contributed by atoms with Crippen LogP contribution in [-0.2, 0) is 10.8 Å². The fourth-order valence-corrected chi connectivity index (χ4v) is 8.60. The van der Waals surface area contributed by atoms with Crippen LogP contribution in [0, 0.1) is 6.92 Å². The molecule has 4 aromatic heterocycles. The molecule has 0 saturated heterocycles. The Balaban J connectivity index is 1.27. The van der Waals surface area contributed by atoms with Crippen molar-refractivity contribution in [2.75, 3.05) is 0 Å². The van der Waals surface area contributed by atoms with Crippen LogP contribution >= 0.6 is 0 Å². The van der Waals surface area contributed by atoms with Crippen LogP contribution in [0.2, 0.25) is 0 Å². The minimum absolute atomic E-state index is 0.0223. The highest BCUT2D eigenvalue weighted by Crippen LogP contribution is 2.44. The van der Waals surface area contributed by atoms with Gasteiger partial charge in [0.05, 0.1) is 27.6 Å². The molecule has 0 radical (unpaired) electrons. The van der Waals surface area contributed by atoms with Gasteiger partial charge in [-0.3, -0.25) is 9.13 Å². The van der Waals surface area contributed by atoms with E-state index in [0.717, 1.165) is 61.6 Å². The van der Waals surface area contributed by atoms with Crippen LogP contribution in [0.5, 0.6) is 0 Å². The van der Waals surface area contributed by atoms with Crippen LogP contribution < -0.4 is 0 Å². The molecule has 6 aromatic carbocycles. The predicted molar refractivity (Wildman–Crippen MR) is 236 cm³/mol. The number of aromatic nitrogens is 5. The normalized spacial score (nSPS) is 12.6. The molecule has 5 heteroatoms. The van der Waals surface area contributed by atoms with Crippen molar-refractivity contribution in [2.45, 2.75) is 59.3 Å².